The number of hydrogen-bond donors (Lipinski definition) is 6. The zero-order valence-electron chi connectivity index (χ0n) is 25.8. The SMILES string of the molecule is C=CC[C@H](NC(=O)[C@@H](CCCNC(N)=NC)NC(=O)[C@H](N)CCCCNC(=O)OC(C)(C)C)C(=O)OCc1ccccc1. The summed E-state index contributed by atoms with van der Waals surface area (Å²) in [5.41, 5.74) is 12.0. The van der Waals surface area contributed by atoms with Gasteiger partial charge in [-0.15, -0.1) is 6.58 Å². The average Bonchev–Trinajstić information content (AvgIpc) is 2.96. The third kappa shape index (κ3) is 16.8. The van der Waals surface area contributed by atoms with Crippen LogP contribution in [0.3, 0.4) is 0 Å². The third-order valence-corrected chi connectivity index (χ3v) is 6.02. The first-order valence-electron chi connectivity index (χ1n) is 14.5. The highest BCUT2D eigenvalue weighted by Crippen LogP contribution is 2.08. The number of nitrogens with one attached hydrogen (secondary N) is 4. The first-order chi connectivity index (χ1) is 20.4. The number of nitrogens with two attached hydrogens (primary N) is 2. The Balaban J connectivity index is 2.73. The van der Waals surface area contributed by atoms with E-state index in [0.29, 0.717) is 38.8 Å². The molecule has 0 aliphatic rings. The van der Waals surface area contributed by atoms with E-state index in [1.54, 1.807) is 27.8 Å². The van der Waals surface area contributed by atoms with Crippen molar-refractivity contribution in [1.82, 2.24) is 21.3 Å². The van der Waals surface area contributed by atoms with Crippen LogP contribution in [0.2, 0.25) is 0 Å². The molecule has 0 heterocycles. The van der Waals surface area contributed by atoms with Crippen LogP contribution >= 0.6 is 0 Å². The number of guanidine groups is 1. The van der Waals surface area contributed by atoms with E-state index in [-0.39, 0.29) is 25.4 Å². The highest BCUT2D eigenvalue weighted by atomic mass is 16.6. The second kappa shape index (κ2) is 19.9. The quantitative estimate of drug-likeness (QED) is 0.0474. The molecule has 0 unspecified atom stereocenters. The molecule has 0 aromatic heterocycles. The molecule has 0 saturated heterocycles. The monoisotopic (exact) mass is 603 g/mol. The Hall–Kier alpha value is -4.13. The summed E-state index contributed by atoms with van der Waals surface area (Å²) in [6.45, 7) is 9.84. The van der Waals surface area contributed by atoms with E-state index in [9.17, 15) is 19.2 Å². The van der Waals surface area contributed by atoms with Crippen LogP contribution in [0.15, 0.2) is 48.0 Å². The Kier molecular flexibility index (Phi) is 17.1. The highest BCUT2D eigenvalue weighted by Gasteiger charge is 2.28. The fraction of sp³-hybridized carbons (Fsp3) is 0.567. The number of carbonyl (C=O) groups excluding carboxylic acids is 4. The van der Waals surface area contributed by atoms with Crippen molar-refractivity contribution in [2.45, 2.75) is 89.6 Å². The van der Waals surface area contributed by atoms with Gasteiger partial charge in [-0.2, -0.15) is 0 Å². The van der Waals surface area contributed by atoms with Crippen LogP contribution in [0.5, 0.6) is 0 Å². The second-order valence-corrected chi connectivity index (χ2v) is 10.9. The van der Waals surface area contributed by atoms with Crippen molar-refractivity contribution in [2.24, 2.45) is 16.5 Å². The standard InChI is InChI=1S/C30H49N7O6/c1-6-13-24(27(40)42-20-21-14-8-7-9-15-21)37-26(39)23(17-12-19-34-28(32)33-5)36-25(38)22(31)16-10-11-18-35-29(41)43-30(2,3)4/h6-9,14-15,22-24H,1,10-13,16-20,31H2,2-5H3,(H,35,41)(H,36,38)(H,37,39)(H3,32,33,34)/t22-,23-,24+/m1/s1. The Bertz CT molecular complexity index is 1060. The predicted molar refractivity (Wildman–Crippen MR) is 166 cm³/mol. The molecular weight excluding hydrogens is 554 g/mol. The molecule has 13 nitrogen and oxygen atoms in total. The van der Waals surface area contributed by atoms with Gasteiger partial charge >= 0.3 is 12.1 Å². The van der Waals surface area contributed by atoms with Crippen LogP contribution in [0.4, 0.5) is 4.79 Å². The van der Waals surface area contributed by atoms with E-state index in [1.807, 2.05) is 30.3 Å². The smallest absolute Gasteiger partial charge is 0.407 e. The minimum absolute atomic E-state index is 0.0531. The van der Waals surface area contributed by atoms with Crippen LogP contribution in [0, 0.1) is 0 Å². The Morgan fingerprint density at radius 1 is 0.953 bits per heavy atom. The van der Waals surface area contributed by atoms with E-state index in [0.717, 1.165) is 5.56 Å². The maximum absolute atomic E-state index is 13.3. The lowest BCUT2D eigenvalue weighted by molar-refractivity contribution is -0.149. The van der Waals surface area contributed by atoms with E-state index < -0.39 is 47.6 Å². The molecule has 3 atom stereocenters. The zero-order valence-corrected chi connectivity index (χ0v) is 25.8. The van der Waals surface area contributed by atoms with Gasteiger partial charge in [0.2, 0.25) is 11.8 Å². The van der Waals surface area contributed by atoms with Crippen LogP contribution < -0.4 is 32.7 Å². The molecule has 0 saturated carbocycles. The number of carbonyl (C=O) groups is 4. The minimum atomic E-state index is -0.986. The maximum Gasteiger partial charge on any atom is 0.407 e. The summed E-state index contributed by atoms with van der Waals surface area (Å²) >= 11 is 0. The number of hydrogen-bond acceptors (Lipinski definition) is 8. The number of nitrogens with zero attached hydrogens (tertiary/aromatic N) is 1. The predicted octanol–water partition coefficient (Wildman–Crippen LogP) is 1.61. The molecule has 0 aliphatic heterocycles. The van der Waals surface area contributed by atoms with Gasteiger partial charge in [-0.3, -0.25) is 14.6 Å². The fourth-order valence-electron chi connectivity index (χ4n) is 3.76. The molecule has 1 aromatic rings. The van der Waals surface area contributed by atoms with Crippen LogP contribution in [0.1, 0.15) is 64.9 Å². The number of esters is 1. The van der Waals surface area contributed by atoms with Crippen molar-refractivity contribution in [3.63, 3.8) is 0 Å². The van der Waals surface area contributed by atoms with E-state index in [1.165, 1.54) is 6.08 Å². The van der Waals surface area contributed by atoms with Gasteiger partial charge in [-0.25, -0.2) is 9.59 Å². The molecule has 1 rings (SSSR count). The number of amides is 3. The molecule has 0 spiro atoms. The van der Waals surface area contributed by atoms with Gasteiger partial charge in [0.05, 0.1) is 6.04 Å². The summed E-state index contributed by atoms with van der Waals surface area (Å²) in [6.07, 6.45) is 3.34. The van der Waals surface area contributed by atoms with E-state index in [4.69, 9.17) is 20.9 Å². The summed E-state index contributed by atoms with van der Waals surface area (Å²) in [5, 5.41) is 11.0. The van der Waals surface area contributed by atoms with Crippen molar-refractivity contribution in [2.75, 3.05) is 20.1 Å². The molecule has 13 heteroatoms. The fourth-order valence-corrected chi connectivity index (χ4v) is 3.76. The number of alkyl carbamates (subject to hydrolysis) is 1. The first kappa shape index (κ1) is 36.9. The molecule has 0 fully saturated rings. The molecule has 0 bridgehead atoms. The molecule has 43 heavy (non-hydrogen) atoms. The molecule has 0 aliphatic carbocycles. The average molecular weight is 604 g/mol. The van der Waals surface area contributed by atoms with E-state index >= 15 is 0 Å². The number of rotatable bonds is 18. The number of benzene rings is 1. The lowest BCUT2D eigenvalue weighted by atomic mass is 10.1. The number of unbranched alkanes of at least 4 members (excludes halogenated alkanes) is 1. The van der Waals surface area contributed by atoms with Crippen molar-refractivity contribution in [3.8, 4) is 0 Å². The van der Waals surface area contributed by atoms with Gasteiger partial charge < -0.3 is 42.2 Å². The van der Waals surface area contributed by atoms with Gasteiger partial charge in [0.1, 0.15) is 24.3 Å². The summed E-state index contributed by atoms with van der Waals surface area (Å²) < 4.78 is 10.6. The van der Waals surface area contributed by atoms with E-state index in [2.05, 4.69) is 32.8 Å². The van der Waals surface area contributed by atoms with Crippen LogP contribution in [-0.2, 0) is 30.5 Å². The van der Waals surface area contributed by atoms with Gasteiger partial charge in [0.15, 0.2) is 5.96 Å². The highest BCUT2D eigenvalue weighted by molar-refractivity contribution is 5.92. The van der Waals surface area contributed by atoms with Crippen molar-refractivity contribution in [1.29, 1.82) is 0 Å². The lowest BCUT2D eigenvalue weighted by Gasteiger charge is -2.23. The number of aliphatic imine (C=N–C) groups is 1. The summed E-state index contributed by atoms with van der Waals surface area (Å²) in [7, 11) is 1.55. The summed E-state index contributed by atoms with van der Waals surface area (Å²) in [4.78, 5) is 54.6. The molecule has 240 valence electrons. The molecule has 3 amide bonds. The van der Waals surface area contributed by atoms with Crippen LogP contribution in [0.25, 0.3) is 0 Å². The topological polar surface area (TPSA) is 199 Å². The summed E-state index contributed by atoms with van der Waals surface area (Å²) in [5.74, 6) is -1.43. The van der Waals surface area contributed by atoms with Crippen molar-refractivity contribution in [3.05, 3.63) is 48.6 Å². The second-order valence-electron chi connectivity index (χ2n) is 10.9. The lowest BCUT2D eigenvalue weighted by Crippen LogP contribution is -2.54. The third-order valence-electron chi connectivity index (χ3n) is 6.02. The summed E-state index contributed by atoms with van der Waals surface area (Å²) in [6, 6.07) is 6.34. The van der Waals surface area contributed by atoms with Crippen molar-refractivity contribution < 1.29 is 28.7 Å². The Labute approximate surface area is 254 Å². The molecule has 0 radical (unpaired) electrons. The molecular formula is C30H49N7O6. The largest absolute Gasteiger partial charge is 0.459 e. The number of ether oxygens (including phenoxy) is 2. The van der Waals surface area contributed by atoms with Gasteiger partial charge in [0, 0.05) is 20.1 Å². The Morgan fingerprint density at radius 3 is 2.23 bits per heavy atom. The molecule has 1 aromatic carbocycles. The van der Waals surface area contributed by atoms with Crippen molar-refractivity contribution >= 4 is 29.8 Å². The normalized spacial score (nSPS) is 13.6. The first-order valence-corrected chi connectivity index (χ1v) is 14.5. The van der Waals surface area contributed by atoms with Crippen LogP contribution in [-0.4, -0.2) is 73.7 Å². The van der Waals surface area contributed by atoms with Gasteiger partial charge in [0.25, 0.3) is 0 Å². The maximum atomic E-state index is 13.3. The minimum Gasteiger partial charge on any atom is -0.459 e. The van der Waals surface area contributed by atoms with Gasteiger partial charge in [-0.05, 0) is 64.9 Å². The molecule has 8 N–H and O–H groups in total. The zero-order chi connectivity index (χ0) is 32.3. The van der Waals surface area contributed by atoms with Gasteiger partial charge in [-0.1, -0.05) is 36.4 Å². The Morgan fingerprint density at radius 2 is 1.60 bits per heavy atom.